The minimum absolute atomic E-state index is 0.00894. The van der Waals surface area contributed by atoms with Crippen molar-refractivity contribution in [2.75, 3.05) is 5.75 Å². The number of hydrogen-bond donors (Lipinski definition) is 1. The summed E-state index contributed by atoms with van der Waals surface area (Å²) in [6.45, 7) is -2.93. The van der Waals surface area contributed by atoms with Gasteiger partial charge in [-0.2, -0.15) is 8.78 Å². The molecular weight excluding hydrogens is 364 g/mol. The lowest BCUT2D eigenvalue weighted by Crippen LogP contribution is -2.32. The summed E-state index contributed by atoms with van der Waals surface area (Å²) in [6.07, 6.45) is 2.20. The first kappa shape index (κ1) is 17.2. The molecule has 0 aromatic heterocycles. The number of allylic oxidation sites excluding steroid dienone is 4. The van der Waals surface area contributed by atoms with Crippen LogP contribution in [0.2, 0.25) is 0 Å². The van der Waals surface area contributed by atoms with Gasteiger partial charge in [-0.3, -0.25) is 4.79 Å². The van der Waals surface area contributed by atoms with Crippen molar-refractivity contribution in [3.05, 3.63) is 51.7 Å². The zero-order chi connectivity index (χ0) is 18.5. The number of rotatable bonds is 3. The Bertz CT molecular complexity index is 932. The van der Waals surface area contributed by atoms with E-state index < -0.39 is 22.4 Å². The van der Waals surface area contributed by atoms with E-state index in [2.05, 4.69) is 10.1 Å². The van der Waals surface area contributed by atoms with Crippen LogP contribution in [-0.2, 0) is 14.6 Å². The zero-order valence-corrected chi connectivity index (χ0v) is 14.6. The van der Waals surface area contributed by atoms with Crippen LogP contribution < -0.4 is 10.1 Å². The highest BCUT2D eigenvalue weighted by Crippen LogP contribution is 2.47. The number of ketones is 1. The molecule has 4 rings (SSSR count). The quantitative estimate of drug-likeness (QED) is 0.871. The molecule has 1 atom stereocenters. The molecule has 0 bridgehead atoms. The van der Waals surface area contributed by atoms with Crippen LogP contribution in [0.4, 0.5) is 8.78 Å². The van der Waals surface area contributed by atoms with Crippen molar-refractivity contribution in [2.24, 2.45) is 0 Å². The molecule has 0 saturated heterocycles. The van der Waals surface area contributed by atoms with Gasteiger partial charge in [0.15, 0.2) is 15.6 Å². The van der Waals surface area contributed by atoms with E-state index in [-0.39, 0.29) is 22.2 Å². The monoisotopic (exact) mass is 381 g/mol. The van der Waals surface area contributed by atoms with Crippen molar-refractivity contribution < 1.29 is 26.7 Å². The molecule has 1 aromatic rings. The molecule has 8 heteroatoms. The van der Waals surface area contributed by atoms with Crippen molar-refractivity contribution in [3.63, 3.8) is 0 Å². The molecule has 1 N–H and O–H groups in total. The molecule has 0 fully saturated rings. The predicted octanol–water partition coefficient (Wildman–Crippen LogP) is 3.01. The fraction of sp³-hybridized carbons (Fsp3) is 0.389. The first-order valence-corrected chi connectivity index (χ1v) is 10.1. The Hall–Kier alpha value is -2.22. The second-order valence-electron chi connectivity index (χ2n) is 6.59. The molecular formula is C18H17F2NO4S. The number of dihydropyridines is 1. The van der Waals surface area contributed by atoms with E-state index in [1.54, 1.807) is 12.1 Å². The largest absolute Gasteiger partial charge is 0.435 e. The summed E-state index contributed by atoms with van der Waals surface area (Å²) in [7, 11) is -3.47. The highest BCUT2D eigenvalue weighted by atomic mass is 32.2. The van der Waals surface area contributed by atoms with Gasteiger partial charge in [0.05, 0.1) is 16.6 Å². The first-order chi connectivity index (χ1) is 12.4. The summed E-state index contributed by atoms with van der Waals surface area (Å²) in [6, 6.07) is 5.86. The number of carbonyl (C=O) groups is 1. The Labute approximate surface area is 149 Å². The number of sulfone groups is 1. The second-order valence-corrected chi connectivity index (χ2v) is 8.66. The SMILES string of the molecule is O=C1CCCC2=C1C(c1ccc(OC(F)F)cc1)C1=C(CCS1(=O)=O)N2. The molecule has 5 nitrogen and oxygen atoms in total. The van der Waals surface area contributed by atoms with Gasteiger partial charge in [0.2, 0.25) is 0 Å². The average molecular weight is 381 g/mol. The Morgan fingerprint density at radius 3 is 2.50 bits per heavy atom. The number of ether oxygens (including phenoxy) is 1. The normalized spacial score (nSPS) is 24.4. The van der Waals surface area contributed by atoms with Crippen molar-refractivity contribution in [1.29, 1.82) is 0 Å². The summed E-state index contributed by atoms with van der Waals surface area (Å²) in [4.78, 5) is 12.8. The van der Waals surface area contributed by atoms with Crippen LogP contribution in [0.5, 0.6) is 5.75 Å². The maximum Gasteiger partial charge on any atom is 0.387 e. The van der Waals surface area contributed by atoms with Gasteiger partial charge in [0, 0.05) is 29.8 Å². The molecule has 1 unspecified atom stereocenters. The highest BCUT2D eigenvalue weighted by molar-refractivity contribution is 7.95. The lowest BCUT2D eigenvalue weighted by atomic mass is 9.79. The summed E-state index contributed by atoms with van der Waals surface area (Å²) in [5, 5.41) is 3.18. The smallest absolute Gasteiger partial charge is 0.387 e. The van der Waals surface area contributed by atoms with Crippen LogP contribution in [0.15, 0.2) is 46.1 Å². The third kappa shape index (κ3) is 2.82. The fourth-order valence-corrected chi connectivity index (χ4v) is 5.77. The van der Waals surface area contributed by atoms with Crippen LogP contribution in [-0.4, -0.2) is 26.6 Å². The predicted molar refractivity (Wildman–Crippen MR) is 90.3 cm³/mol. The maximum atomic E-state index is 12.6. The Morgan fingerprint density at radius 2 is 1.81 bits per heavy atom. The van der Waals surface area contributed by atoms with Gasteiger partial charge in [0.1, 0.15) is 5.75 Å². The molecule has 2 heterocycles. The number of hydrogen-bond acceptors (Lipinski definition) is 5. The maximum absolute atomic E-state index is 12.6. The van der Waals surface area contributed by atoms with Gasteiger partial charge in [-0.25, -0.2) is 8.42 Å². The van der Waals surface area contributed by atoms with Crippen LogP contribution in [0.3, 0.4) is 0 Å². The topological polar surface area (TPSA) is 72.5 Å². The molecule has 3 aliphatic rings. The Morgan fingerprint density at radius 1 is 1.08 bits per heavy atom. The molecule has 1 aliphatic carbocycles. The van der Waals surface area contributed by atoms with E-state index in [0.29, 0.717) is 36.1 Å². The molecule has 0 spiro atoms. The molecule has 1 aromatic carbocycles. The summed E-state index contributed by atoms with van der Waals surface area (Å²) in [5.41, 5.74) is 2.52. The van der Waals surface area contributed by atoms with Gasteiger partial charge >= 0.3 is 6.61 Å². The van der Waals surface area contributed by atoms with E-state index in [1.807, 2.05) is 0 Å². The fourth-order valence-electron chi connectivity index (χ4n) is 3.94. The number of benzene rings is 1. The van der Waals surface area contributed by atoms with Crippen molar-refractivity contribution in [1.82, 2.24) is 5.32 Å². The second kappa shape index (κ2) is 6.19. The Balaban J connectivity index is 1.82. The summed E-state index contributed by atoms with van der Waals surface area (Å²) < 4.78 is 54.3. The molecule has 138 valence electrons. The zero-order valence-electron chi connectivity index (χ0n) is 13.8. The van der Waals surface area contributed by atoms with Gasteiger partial charge < -0.3 is 10.1 Å². The van der Waals surface area contributed by atoms with E-state index in [1.165, 1.54) is 12.1 Å². The van der Waals surface area contributed by atoms with Crippen molar-refractivity contribution in [3.8, 4) is 5.75 Å². The van der Waals surface area contributed by atoms with Crippen molar-refractivity contribution in [2.45, 2.75) is 38.2 Å². The molecule has 0 radical (unpaired) electrons. The van der Waals surface area contributed by atoms with Crippen LogP contribution >= 0.6 is 0 Å². The summed E-state index contributed by atoms with van der Waals surface area (Å²) in [5.74, 6) is -0.736. The minimum atomic E-state index is -3.47. The molecule has 2 aliphatic heterocycles. The van der Waals surface area contributed by atoms with Gasteiger partial charge in [0.25, 0.3) is 0 Å². The van der Waals surface area contributed by atoms with Gasteiger partial charge in [-0.1, -0.05) is 12.1 Å². The van der Waals surface area contributed by atoms with Crippen LogP contribution in [0.1, 0.15) is 37.2 Å². The van der Waals surface area contributed by atoms with E-state index in [4.69, 9.17) is 0 Å². The van der Waals surface area contributed by atoms with E-state index >= 15 is 0 Å². The lowest BCUT2D eigenvalue weighted by molar-refractivity contribution is -0.116. The van der Waals surface area contributed by atoms with Crippen LogP contribution in [0, 0.1) is 0 Å². The highest BCUT2D eigenvalue weighted by Gasteiger charge is 2.44. The number of Topliss-reactive ketones (excluding diaryl/α,β-unsaturated/α-hetero) is 1. The number of carbonyl (C=O) groups excluding carboxylic acids is 1. The standard InChI is InChI=1S/C18H17F2NO4S/c19-18(20)25-11-6-4-10(5-7-11)15-16-12(2-1-3-14(16)22)21-13-8-9-26(23,24)17(13)15/h4-7,15,18,21H,1-3,8-9H2. The number of alkyl halides is 2. The summed E-state index contributed by atoms with van der Waals surface area (Å²) >= 11 is 0. The molecule has 0 saturated carbocycles. The van der Waals surface area contributed by atoms with E-state index in [9.17, 15) is 22.0 Å². The average Bonchev–Trinajstić information content (AvgIpc) is 2.89. The third-order valence-corrected chi connectivity index (χ3v) is 6.89. The Kier molecular flexibility index (Phi) is 4.10. The van der Waals surface area contributed by atoms with Gasteiger partial charge in [-0.05, 0) is 30.5 Å². The van der Waals surface area contributed by atoms with Crippen LogP contribution in [0.25, 0.3) is 0 Å². The molecule has 26 heavy (non-hydrogen) atoms. The van der Waals surface area contributed by atoms with E-state index in [0.717, 1.165) is 12.1 Å². The van der Waals surface area contributed by atoms with Crippen molar-refractivity contribution >= 4 is 15.6 Å². The third-order valence-electron chi connectivity index (χ3n) is 5.00. The number of halogens is 2. The van der Waals surface area contributed by atoms with Gasteiger partial charge in [-0.15, -0.1) is 0 Å². The number of nitrogens with one attached hydrogen (secondary N) is 1. The minimum Gasteiger partial charge on any atom is -0.435 e. The lowest BCUT2D eigenvalue weighted by Gasteiger charge is -2.33. The first-order valence-electron chi connectivity index (χ1n) is 8.40. The molecule has 0 amide bonds.